The predicted molar refractivity (Wildman–Crippen MR) is 127 cm³/mol. The molecule has 3 rings (SSSR count). The minimum absolute atomic E-state index is 0.248. The highest BCUT2D eigenvalue weighted by Crippen LogP contribution is 2.54. The number of rotatable bonds is 5. The Bertz CT molecular complexity index is 981. The molecule has 2 heterocycles. The predicted octanol–water partition coefficient (Wildman–Crippen LogP) is 3.81. The first kappa shape index (κ1) is 24.7. The van der Waals surface area contributed by atoms with Crippen molar-refractivity contribution in [1.29, 1.82) is 0 Å². The van der Waals surface area contributed by atoms with Gasteiger partial charge in [-0.1, -0.05) is 12.2 Å². The van der Waals surface area contributed by atoms with Crippen molar-refractivity contribution in [3.63, 3.8) is 0 Å². The van der Waals surface area contributed by atoms with Gasteiger partial charge in [0.05, 0.1) is 25.7 Å². The summed E-state index contributed by atoms with van der Waals surface area (Å²) in [7, 11) is 1.68. The van der Waals surface area contributed by atoms with Crippen LogP contribution in [0.2, 0.25) is 0 Å². The molecule has 0 aromatic rings. The maximum absolute atomic E-state index is 12.4. The van der Waals surface area contributed by atoms with Crippen LogP contribution in [0, 0.1) is 5.41 Å². The zero-order chi connectivity index (χ0) is 24.4. The second kappa shape index (κ2) is 9.12. The fraction of sp³-hybridized carbons (Fsp3) is 0.538. The van der Waals surface area contributed by atoms with E-state index in [1.807, 2.05) is 6.08 Å². The van der Waals surface area contributed by atoms with E-state index in [1.165, 1.54) is 6.08 Å². The Kier molecular flexibility index (Phi) is 6.82. The Morgan fingerprint density at radius 1 is 1.00 bits per heavy atom. The van der Waals surface area contributed by atoms with Crippen LogP contribution >= 0.6 is 0 Å². The maximum atomic E-state index is 12.4. The standard InChI is InChI=1S/C26H36N2O5/c1-8-32-21(29)13-18-12-17-10-11-26(23(31-7)19(17)15-24(3,4)27-18)16-25(5,6)28-20(26)14-22(30)33-9-2/h10-14,27-28H,8-9,15-16H2,1-7H3/b18-13-,20-14-. The highest BCUT2D eigenvalue weighted by Gasteiger charge is 2.52. The van der Waals surface area contributed by atoms with E-state index in [0.29, 0.717) is 25.3 Å². The van der Waals surface area contributed by atoms with Gasteiger partial charge in [-0.25, -0.2) is 9.59 Å². The van der Waals surface area contributed by atoms with Crippen LogP contribution in [-0.4, -0.2) is 43.3 Å². The highest BCUT2D eigenvalue weighted by atomic mass is 16.5. The van der Waals surface area contributed by atoms with Crippen molar-refractivity contribution in [1.82, 2.24) is 10.6 Å². The van der Waals surface area contributed by atoms with Crippen LogP contribution in [0.15, 0.2) is 58.7 Å². The lowest BCUT2D eigenvalue weighted by atomic mass is 9.71. The molecule has 1 spiro atoms. The fourth-order valence-electron chi connectivity index (χ4n) is 5.03. The Morgan fingerprint density at radius 3 is 2.24 bits per heavy atom. The lowest BCUT2D eigenvalue weighted by Gasteiger charge is -2.36. The molecular formula is C26H36N2O5. The number of allylic oxidation sites excluding steroid dienone is 3. The topological polar surface area (TPSA) is 85.9 Å². The minimum Gasteiger partial charge on any atom is -0.499 e. The van der Waals surface area contributed by atoms with Gasteiger partial charge in [0.2, 0.25) is 0 Å². The first-order valence-electron chi connectivity index (χ1n) is 11.5. The van der Waals surface area contributed by atoms with E-state index in [-0.39, 0.29) is 23.0 Å². The molecule has 0 aromatic heterocycles. The summed E-state index contributed by atoms with van der Waals surface area (Å²) in [6, 6.07) is 0. The van der Waals surface area contributed by atoms with Gasteiger partial charge in [0.15, 0.2) is 0 Å². The van der Waals surface area contributed by atoms with Crippen LogP contribution in [0.4, 0.5) is 0 Å². The highest BCUT2D eigenvalue weighted by molar-refractivity contribution is 5.84. The van der Waals surface area contributed by atoms with E-state index in [4.69, 9.17) is 14.2 Å². The molecule has 1 saturated heterocycles. The quantitative estimate of drug-likeness (QED) is 0.481. The monoisotopic (exact) mass is 456 g/mol. The first-order chi connectivity index (χ1) is 15.4. The van der Waals surface area contributed by atoms with Crippen LogP contribution in [0.3, 0.4) is 0 Å². The van der Waals surface area contributed by atoms with Crippen molar-refractivity contribution >= 4 is 11.9 Å². The first-order valence-corrected chi connectivity index (χ1v) is 11.5. The third-order valence-corrected chi connectivity index (χ3v) is 5.97. The summed E-state index contributed by atoms with van der Waals surface area (Å²) in [5, 5.41) is 6.97. The van der Waals surface area contributed by atoms with Gasteiger partial charge in [-0.3, -0.25) is 0 Å². The zero-order valence-corrected chi connectivity index (χ0v) is 20.8. The molecule has 1 atom stereocenters. The van der Waals surface area contributed by atoms with E-state index in [2.05, 4.69) is 50.5 Å². The average Bonchev–Trinajstić information content (AvgIpc) is 2.85. The Labute approximate surface area is 196 Å². The Morgan fingerprint density at radius 2 is 1.64 bits per heavy atom. The van der Waals surface area contributed by atoms with Crippen molar-refractivity contribution < 1.29 is 23.8 Å². The van der Waals surface area contributed by atoms with E-state index < -0.39 is 5.41 Å². The van der Waals surface area contributed by atoms with E-state index in [1.54, 1.807) is 27.0 Å². The van der Waals surface area contributed by atoms with Crippen molar-refractivity contribution in [3.8, 4) is 0 Å². The molecule has 180 valence electrons. The molecule has 1 unspecified atom stereocenters. The second-order valence-corrected chi connectivity index (χ2v) is 9.95. The van der Waals surface area contributed by atoms with Crippen molar-refractivity contribution in [2.45, 2.75) is 65.5 Å². The maximum Gasteiger partial charge on any atom is 0.332 e. The van der Waals surface area contributed by atoms with Gasteiger partial charge < -0.3 is 24.8 Å². The van der Waals surface area contributed by atoms with Gasteiger partial charge in [0.1, 0.15) is 5.76 Å². The number of esters is 2. The van der Waals surface area contributed by atoms with Crippen LogP contribution in [-0.2, 0) is 23.8 Å². The van der Waals surface area contributed by atoms with E-state index in [0.717, 1.165) is 29.0 Å². The fourth-order valence-corrected chi connectivity index (χ4v) is 5.03. The average molecular weight is 457 g/mol. The molecule has 0 saturated carbocycles. The smallest absolute Gasteiger partial charge is 0.332 e. The summed E-state index contributed by atoms with van der Waals surface area (Å²) in [6.07, 6.45) is 10.5. The van der Waals surface area contributed by atoms with Crippen molar-refractivity contribution in [3.05, 3.63) is 58.7 Å². The molecule has 2 aliphatic heterocycles. The van der Waals surface area contributed by atoms with Gasteiger partial charge in [0, 0.05) is 40.2 Å². The summed E-state index contributed by atoms with van der Waals surface area (Å²) in [5.74, 6) is 0.0385. The molecule has 0 bridgehead atoms. The number of methoxy groups -OCH3 is 1. The van der Waals surface area contributed by atoms with E-state index >= 15 is 0 Å². The molecule has 7 heteroatoms. The van der Waals surface area contributed by atoms with Crippen LogP contribution in [0.5, 0.6) is 0 Å². The normalized spacial score (nSPS) is 27.4. The van der Waals surface area contributed by atoms with Crippen LogP contribution < -0.4 is 10.6 Å². The molecule has 0 radical (unpaired) electrons. The molecule has 1 aliphatic carbocycles. The van der Waals surface area contributed by atoms with Gasteiger partial charge >= 0.3 is 11.9 Å². The molecule has 0 amide bonds. The minimum atomic E-state index is -0.608. The van der Waals surface area contributed by atoms with E-state index in [9.17, 15) is 9.59 Å². The number of nitrogens with one attached hydrogen (secondary N) is 2. The SMILES string of the molecule is CCOC(=O)/C=C1/C=C2C=CC3(CC(C)(C)N/C3=C\C(=O)OCC)C(OC)=C2CC(C)(C)N1. The van der Waals surface area contributed by atoms with Gasteiger partial charge in [-0.15, -0.1) is 0 Å². The van der Waals surface area contributed by atoms with Gasteiger partial charge in [-0.05, 0) is 66.0 Å². The number of hydrogen-bond donors (Lipinski definition) is 2. The third kappa shape index (κ3) is 5.18. The lowest BCUT2D eigenvalue weighted by molar-refractivity contribution is -0.138. The van der Waals surface area contributed by atoms with Crippen molar-refractivity contribution in [2.75, 3.05) is 20.3 Å². The zero-order valence-electron chi connectivity index (χ0n) is 20.8. The molecule has 33 heavy (non-hydrogen) atoms. The number of ether oxygens (including phenoxy) is 3. The van der Waals surface area contributed by atoms with Crippen molar-refractivity contribution in [2.24, 2.45) is 5.41 Å². The van der Waals surface area contributed by atoms with Crippen LogP contribution in [0.25, 0.3) is 0 Å². The molecule has 0 aromatic carbocycles. The second-order valence-electron chi connectivity index (χ2n) is 9.95. The third-order valence-electron chi connectivity index (χ3n) is 5.97. The van der Waals surface area contributed by atoms with Gasteiger partial charge in [0.25, 0.3) is 0 Å². The molecule has 3 aliphatic rings. The molecule has 1 fully saturated rings. The summed E-state index contributed by atoms with van der Waals surface area (Å²) < 4.78 is 16.4. The number of fused-ring (bicyclic) bond motifs is 1. The largest absolute Gasteiger partial charge is 0.499 e. The molecule has 2 N–H and O–H groups in total. The summed E-state index contributed by atoms with van der Waals surface area (Å²) in [5.41, 5.74) is 2.25. The Balaban J connectivity index is 2.16. The summed E-state index contributed by atoms with van der Waals surface area (Å²) in [6.45, 7) is 12.6. The number of carbonyl (C=O) groups is 2. The Hall–Kier alpha value is -2.96. The molecule has 7 nitrogen and oxygen atoms in total. The summed E-state index contributed by atoms with van der Waals surface area (Å²) in [4.78, 5) is 24.5. The van der Waals surface area contributed by atoms with Crippen LogP contribution in [0.1, 0.15) is 54.4 Å². The molecular weight excluding hydrogens is 420 g/mol. The lowest BCUT2D eigenvalue weighted by Crippen LogP contribution is -2.38. The number of hydrogen-bond acceptors (Lipinski definition) is 7. The van der Waals surface area contributed by atoms with Gasteiger partial charge in [-0.2, -0.15) is 0 Å². The summed E-state index contributed by atoms with van der Waals surface area (Å²) >= 11 is 0. The number of carbonyl (C=O) groups excluding carboxylic acids is 2.